The third-order valence-corrected chi connectivity index (χ3v) is 9.78. The predicted molar refractivity (Wildman–Crippen MR) is 170 cm³/mol. The van der Waals surface area contributed by atoms with Gasteiger partial charge in [-0.2, -0.15) is 0 Å². The molecule has 3 rings (SSSR count). The highest BCUT2D eigenvalue weighted by molar-refractivity contribution is 5.08. The van der Waals surface area contributed by atoms with Gasteiger partial charge in [0, 0.05) is 64.4 Å². The summed E-state index contributed by atoms with van der Waals surface area (Å²) in [5.41, 5.74) is 0.798. The predicted octanol–water partition coefficient (Wildman–Crippen LogP) is 5.13. The summed E-state index contributed by atoms with van der Waals surface area (Å²) in [6.45, 7) is 36.7. The van der Waals surface area contributed by atoms with Gasteiger partial charge in [-0.3, -0.25) is 9.80 Å². The van der Waals surface area contributed by atoms with Crippen molar-refractivity contribution in [2.45, 2.75) is 180 Å². The maximum atomic E-state index is 4.16. The van der Waals surface area contributed by atoms with Gasteiger partial charge in [0.1, 0.15) is 0 Å². The van der Waals surface area contributed by atoms with Crippen molar-refractivity contribution in [3.63, 3.8) is 0 Å². The summed E-state index contributed by atoms with van der Waals surface area (Å²) in [6.07, 6.45) is 7.21. The molecule has 0 amide bonds. The van der Waals surface area contributed by atoms with E-state index < -0.39 is 0 Å². The molecule has 0 radical (unpaired) electrons. The van der Waals surface area contributed by atoms with Crippen LogP contribution in [0.1, 0.15) is 129 Å². The van der Waals surface area contributed by atoms with Gasteiger partial charge in [-0.15, -0.1) is 0 Å². The van der Waals surface area contributed by atoms with E-state index in [1.54, 1.807) is 0 Å². The van der Waals surface area contributed by atoms with Crippen LogP contribution < -0.4 is 21.3 Å². The molecule has 3 saturated heterocycles. The summed E-state index contributed by atoms with van der Waals surface area (Å²) in [6, 6.07) is 1.78. The molecule has 4 N–H and O–H groups in total. The lowest BCUT2D eigenvalue weighted by molar-refractivity contribution is -0.000144. The maximum Gasteiger partial charge on any atom is 0.0300 e. The molecule has 3 aliphatic rings. The van der Waals surface area contributed by atoms with Gasteiger partial charge in [-0.05, 0) is 127 Å². The Labute approximate surface area is 243 Å². The van der Waals surface area contributed by atoms with E-state index in [1.165, 1.54) is 38.5 Å². The van der Waals surface area contributed by atoms with E-state index in [-0.39, 0.29) is 33.2 Å². The van der Waals surface area contributed by atoms with Crippen LogP contribution in [-0.2, 0) is 0 Å². The monoisotopic (exact) mass is 549 g/mol. The lowest BCUT2D eigenvalue weighted by atomic mass is 9.75. The number of likely N-dealkylation sites (N-methyl/N-ethyl adjacent to an activating group) is 2. The lowest BCUT2D eigenvalue weighted by Gasteiger charge is -2.56. The second kappa shape index (κ2) is 11.8. The highest BCUT2D eigenvalue weighted by atomic mass is 15.3. The second-order valence-electron chi connectivity index (χ2n) is 16.9. The molecular formula is C33H68N6. The zero-order valence-corrected chi connectivity index (χ0v) is 28.4. The molecule has 4 atom stereocenters. The number of nitrogens with one attached hydrogen (secondary N) is 4. The summed E-state index contributed by atoms with van der Waals surface area (Å²) < 4.78 is 0. The minimum Gasteiger partial charge on any atom is -0.314 e. The molecule has 0 spiro atoms. The highest BCUT2D eigenvalue weighted by Gasteiger charge is 2.47. The SMILES string of the molecule is CCNC1CC(C)(C)NC(C)(CN(CC)C2CC(C)(C)NC(C)(CN(CC)C3CC(C)(C)NC(C)(C)C3)C2)C1. The molecule has 0 aliphatic carbocycles. The van der Waals surface area contributed by atoms with Crippen LogP contribution in [0, 0.1) is 0 Å². The highest BCUT2D eigenvalue weighted by Crippen LogP contribution is 2.37. The minimum atomic E-state index is 0.0848. The van der Waals surface area contributed by atoms with Gasteiger partial charge in [0.2, 0.25) is 0 Å². The summed E-state index contributed by atoms with van der Waals surface area (Å²) in [7, 11) is 0. The van der Waals surface area contributed by atoms with Crippen LogP contribution in [0.5, 0.6) is 0 Å². The van der Waals surface area contributed by atoms with E-state index in [0.717, 1.165) is 32.7 Å². The molecule has 6 nitrogen and oxygen atoms in total. The van der Waals surface area contributed by atoms with Crippen LogP contribution in [-0.4, -0.2) is 93.9 Å². The van der Waals surface area contributed by atoms with E-state index in [0.29, 0.717) is 18.1 Å². The van der Waals surface area contributed by atoms with Crippen molar-refractivity contribution in [2.75, 3.05) is 32.7 Å². The Morgan fingerprint density at radius 1 is 0.538 bits per heavy atom. The van der Waals surface area contributed by atoms with Gasteiger partial charge >= 0.3 is 0 Å². The van der Waals surface area contributed by atoms with Crippen molar-refractivity contribution in [3.8, 4) is 0 Å². The van der Waals surface area contributed by atoms with Crippen molar-refractivity contribution in [1.82, 2.24) is 31.1 Å². The van der Waals surface area contributed by atoms with Crippen LogP contribution >= 0.6 is 0 Å². The fraction of sp³-hybridized carbons (Fsp3) is 1.00. The molecule has 0 saturated carbocycles. The van der Waals surface area contributed by atoms with E-state index in [2.05, 4.69) is 121 Å². The Morgan fingerprint density at radius 2 is 0.923 bits per heavy atom. The molecule has 0 aromatic heterocycles. The van der Waals surface area contributed by atoms with Crippen molar-refractivity contribution in [1.29, 1.82) is 0 Å². The number of hydrogen-bond acceptors (Lipinski definition) is 6. The average molecular weight is 549 g/mol. The van der Waals surface area contributed by atoms with Crippen molar-refractivity contribution in [2.24, 2.45) is 0 Å². The average Bonchev–Trinajstić information content (AvgIpc) is 2.71. The minimum absolute atomic E-state index is 0.0848. The van der Waals surface area contributed by atoms with E-state index >= 15 is 0 Å². The van der Waals surface area contributed by atoms with E-state index in [9.17, 15) is 0 Å². The first-order valence-corrected chi connectivity index (χ1v) is 16.3. The van der Waals surface area contributed by atoms with Crippen molar-refractivity contribution >= 4 is 0 Å². The fourth-order valence-corrected chi connectivity index (χ4v) is 9.57. The standard InChI is InChI=1S/C33H68N6/c1-14-34-25-17-28(4,5)36-32(12,18-25)23-39(16-3)27-21-31(10,11)37-33(13,22-27)24-38(15-2)26-19-29(6,7)35-30(8,9)20-26/h25-27,34-37H,14-24H2,1-13H3. The summed E-state index contributed by atoms with van der Waals surface area (Å²) in [5, 5.41) is 15.9. The molecule has 0 aromatic rings. The number of rotatable bonds is 10. The molecule has 3 aliphatic heterocycles. The topological polar surface area (TPSA) is 54.6 Å². The van der Waals surface area contributed by atoms with Gasteiger partial charge in [0.15, 0.2) is 0 Å². The molecule has 3 heterocycles. The van der Waals surface area contributed by atoms with E-state index in [1.807, 2.05) is 0 Å². The zero-order chi connectivity index (χ0) is 29.5. The number of nitrogens with zero attached hydrogens (tertiary/aromatic N) is 2. The van der Waals surface area contributed by atoms with Gasteiger partial charge in [0.05, 0.1) is 0 Å². The first kappa shape index (κ1) is 33.3. The molecular weight excluding hydrogens is 480 g/mol. The van der Waals surface area contributed by atoms with Crippen molar-refractivity contribution < 1.29 is 0 Å². The molecule has 3 fully saturated rings. The van der Waals surface area contributed by atoms with Crippen LogP contribution in [0.25, 0.3) is 0 Å². The molecule has 6 heteroatoms. The molecule has 4 unspecified atom stereocenters. The third kappa shape index (κ3) is 9.12. The van der Waals surface area contributed by atoms with Gasteiger partial charge in [0.25, 0.3) is 0 Å². The number of piperidine rings is 3. The first-order chi connectivity index (χ1) is 17.7. The third-order valence-electron chi connectivity index (χ3n) is 9.78. The van der Waals surface area contributed by atoms with Crippen LogP contribution in [0.2, 0.25) is 0 Å². The van der Waals surface area contributed by atoms with Crippen LogP contribution in [0.15, 0.2) is 0 Å². The Kier molecular flexibility index (Phi) is 10.1. The quantitative estimate of drug-likeness (QED) is 0.304. The fourth-order valence-electron chi connectivity index (χ4n) is 9.57. The lowest BCUT2D eigenvalue weighted by Crippen LogP contribution is -2.70. The Hall–Kier alpha value is -0.240. The molecule has 0 bridgehead atoms. The smallest absolute Gasteiger partial charge is 0.0300 e. The van der Waals surface area contributed by atoms with Gasteiger partial charge in [-0.25, -0.2) is 0 Å². The summed E-state index contributed by atoms with van der Waals surface area (Å²) in [4.78, 5) is 5.63. The van der Waals surface area contributed by atoms with Crippen molar-refractivity contribution in [3.05, 3.63) is 0 Å². The summed E-state index contributed by atoms with van der Waals surface area (Å²) in [5.74, 6) is 0. The maximum absolute atomic E-state index is 4.16. The Balaban J connectivity index is 1.79. The normalized spacial score (nSPS) is 36.4. The zero-order valence-electron chi connectivity index (χ0n) is 28.4. The second-order valence-corrected chi connectivity index (χ2v) is 16.9. The number of hydrogen-bond donors (Lipinski definition) is 4. The first-order valence-electron chi connectivity index (χ1n) is 16.3. The van der Waals surface area contributed by atoms with Crippen LogP contribution in [0.3, 0.4) is 0 Å². The largest absolute Gasteiger partial charge is 0.314 e. The van der Waals surface area contributed by atoms with Gasteiger partial charge < -0.3 is 21.3 Å². The van der Waals surface area contributed by atoms with Gasteiger partial charge in [-0.1, -0.05) is 20.8 Å². The molecule has 0 aromatic carbocycles. The van der Waals surface area contributed by atoms with Crippen LogP contribution in [0.4, 0.5) is 0 Å². The summed E-state index contributed by atoms with van der Waals surface area (Å²) >= 11 is 0. The van der Waals surface area contributed by atoms with E-state index in [4.69, 9.17) is 0 Å². The Morgan fingerprint density at radius 3 is 1.36 bits per heavy atom. The molecule has 39 heavy (non-hydrogen) atoms. The Bertz CT molecular complexity index is 790. The molecule has 230 valence electrons.